The zero-order valence-corrected chi connectivity index (χ0v) is 19.7. The Bertz CT molecular complexity index is 1060. The molecule has 2 aromatic rings. The number of nitrogens with one attached hydrogen (secondary N) is 1. The second-order valence-corrected chi connectivity index (χ2v) is 10.6. The van der Waals surface area contributed by atoms with Crippen LogP contribution in [-0.2, 0) is 27.7 Å². The standard InChI is InChI=1S/C25H32N2O4S/c1-3-31-23-10-7-19(8-11-23)18(2)26-25(28)21-13-15-27(16-14-21)32(29,30)24-12-9-20-5-4-6-22(20)17-24/h7-12,17-18,21H,3-6,13-16H2,1-2H3,(H,26,28)/t18-/m1/s1. The Labute approximate surface area is 191 Å². The van der Waals surface area contributed by atoms with Gasteiger partial charge in [-0.05, 0) is 86.9 Å². The highest BCUT2D eigenvalue weighted by atomic mass is 32.2. The highest BCUT2D eigenvalue weighted by molar-refractivity contribution is 7.89. The molecular formula is C25H32N2O4S. The van der Waals surface area contributed by atoms with E-state index < -0.39 is 10.0 Å². The summed E-state index contributed by atoms with van der Waals surface area (Å²) < 4.78 is 33.2. The lowest BCUT2D eigenvalue weighted by Gasteiger charge is -2.31. The summed E-state index contributed by atoms with van der Waals surface area (Å²) in [7, 11) is -3.52. The van der Waals surface area contributed by atoms with Crippen LogP contribution in [0.1, 0.15) is 55.8 Å². The zero-order chi connectivity index (χ0) is 22.7. The number of benzene rings is 2. The number of carbonyl (C=O) groups is 1. The molecule has 172 valence electrons. The van der Waals surface area contributed by atoms with Crippen LogP contribution in [0.25, 0.3) is 0 Å². The highest BCUT2D eigenvalue weighted by Crippen LogP contribution is 2.29. The van der Waals surface area contributed by atoms with Gasteiger partial charge < -0.3 is 10.1 Å². The smallest absolute Gasteiger partial charge is 0.243 e. The first kappa shape index (κ1) is 22.8. The monoisotopic (exact) mass is 456 g/mol. The van der Waals surface area contributed by atoms with Gasteiger partial charge in [-0.25, -0.2) is 8.42 Å². The normalized spacial score (nSPS) is 18.2. The summed E-state index contributed by atoms with van der Waals surface area (Å²) in [5, 5.41) is 3.08. The van der Waals surface area contributed by atoms with Gasteiger partial charge in [0.25, 0.3) is 0 Å². The van der Waals surface area contributed by atoms with Gasteiger partial charge >= 0.3 is 0 Å². The second kappa shape index (κ2) is 9.63. The molecule has 2 aliphatic rings. The van der Waals surface area contributed by atoms with Crippen LogP contribution in [-0.4, -0.2) is 38.3 Å². The number of rotatable bonds is 7. The van der Waals surface area contributed by atoms with Gasteiger partial charge in [-0.3, -0.25) is 4.79 Å². The number of amides is 1. The van der Waals surface area contributed by atoms with Crippen LogP contribution in [0.5, 0.6) is 5.75 Å². The molecule has 1 N–H and O–H groups in total. The predicted molar refractivity (Wildman–Crippen MR) is 124 cm³/mol. The van der Waals surface area contributed by atoms with Crippen molar-refractivity contribution in [3.05, 3.63) is 59.2 Å². The maximum atomic E-state index is 13.1. The molecule has 0 saturated carbocycles. The van der Waals surface area contributed by atoms with E-state index in [1.807, 2.05) is 50.2 Å². The van der Waals surface area contributed by atoms with E-state index in [1.165, 1.54) is 9.87 Å². The van der Waals surface area contributed by atoms with E-state index >= 15 is 0 Å². The van der Waals surface area contributed by atoms with Gasteiger partial charge in [-0.1, -0.05) is 18.2 Å². The van der Waals surface area contributed by atoms with Crippen molar-refractivity contribution in [2.24, 2.45) is 5.92 Å². The van der Waals surface area contributed by atoms with Gasteiger partial charge in [-0.2, -0.15) is 4.31 Å². The van der Waals surface area contributed by atoms with Crippen molar-refractivity contribution in [3.63, 3.8) is 0 Å². The van der Waals surface area contributed by atoms with Crippen molar-refractivity contribution in [2.75, 3.05) is 19.7 Å². The average Bonchev–Trinajstić information content (AvgIpc) is 3.28. The number of piperidine rings is 1. The Morgan fingerprint density at radius 3 is 2.47 bits per heavy atom. The molecule has 1 fully saturated rings. The molecule has 32 heavy (non-hydrogen) atoms. The molecule has 6 nitrogen and oxygen atoms in total. The molecule has 7 heteroatoms. The van der Waals surface area contributed by atoms with Crippen LogP contribution >= 0.6 is 0 Å². The molecule has 1 amide bonds. The first-order valence-corrected chi connectivity index (χ1v) is 13.0. The quantitative estimate of drug-likeness (QED) is 0.687. The van der Waals surface area contributed by atoms with Gasteiger partial charge in [0.1, 0.15) is 5.75 Å². The largest absolute Gasteiger partial charge is 0.494 e. The van der Waals surface area contributed by atoms with Crippen molar-refractivity contribution < 1.29 is 17.9 Å². The SMILES string of the molecule is CCOc1ccc([C@@H](C)NC(=O)C2CCN(S(=O)(=O)c3ccc4c(c3)CCC4)CC2)cc1. The summed E-state index contributed by atoms with van der Waals surface area (Å²) in [6.45, 7) is 5.26. The summed E-state index contributed by atoms with van der Waals surface area (Å²) in [5.41, 5.74) is 3.43. The Hall–Kier alpha value is -2.38. The summed E-state index contributed by atoms with van der Waals surface area (Å²) in [5.74, 6) is 0.624. The highest BCUT2D eigenvalue weighted by Gasteiger charge is 2.33. The van der Waals surface area contributed by atoms with Gasteiger partial charge in [0.15, 0.2) is 0 Å². The van der Waals surface area contributed by atoms with Gasteiger partial charge in [-0.15, -0.1) is 0 Å². The molecule has 0 unspecified atom stereocenters. The third kappa shape index (κ3) is 4.84. The minimum atomic E-state index is -3.52. The van der Waals surface area contributed by atoms with Crippen LogP contribution < -0.4 is 10.1 Å². The van der Waals surface area contributed by atoms with Crippen LogP contribution in [0.15, 0.2) is 47.4 Å². The Kier molecular flexibility index (Phi) is 6.86. The molecule has 1 atom stereocenters. The molecular weight excluding hydrogens is 424 g/mol. The van der Waals surface area contributed by atoms with E-state index in [1.54, 1.807) is 6.07 Å². The summed E-state index contributed by atoms with van der Waals surface area (Å²) >= 11 is 0. The number of aryl methyl sites for hydroxylation is 2. The Morgan fingerprint density at radius 2 is 1.78 bits per heavy atom. The topological polar surface area (TPSA) is 75.7 Å². The Morgan fingerprint density at radius 1 is 1.09 bits per heavy atom. The minimum absolute atomic E-state index is 0.0130. The average molecular weight is 457 g/mol. The maximum absolute atomic E-state index is 13.1. The van der Waals surface area contributed by atoms with Crippen molar-refractivity contribution in [3.8, 4) is 5.75 Å². The molecule has 0 aromatic heterocycles. The van der Waals surface area contributed by atoms with Crippen LogP contribution in [0, 0.1) is 5.92 Å². The van der Waals surface area contributed by atoms with Crippen molar-refractivity contribution in [1.29, 1.82) is 0 Å². The molecule has 1 aliphatic carbocycles. The number of hydrogen-bond donors (Lipinski definition) is 1. The molecule has 4 rings (SSSR count). The van der Waals surface area contributed by atoms with Crippen LogP contribution in [0.2, 0.25) is 0 Å². The van der Waals surface area contributed by atoms with E-state index in [2.05, 4.69) is 5.32 Å². The first-order chi connectivity index (χ1) is 15.4. The van der Waals surface area contributed by atoms with Crippen molar-refractivity contribution in [2.45, 2.75) is 56.9 Å². The van der Waals surface area contributed by atoms with E-state index in [9.17, 15) is 13.2 Å². The maximum Gasteiger partial charge on any atom is 0.243 e. The molecule has 1 heterocycles. The first-order valence-electron chi connectivity index (χ1n) is 11.5. The van der Waals surface area contributed by atoms with E-state index in [4.69, 9.17) is 4.74 Å². The summed E-state index contributed by atoms with van der Waals surface area (Å²) in [4.78, 5) is 13.2. The second-order valence-electron chi connectivity index (χ2n) is 8.69. The lowest BCUT2D eigenvalue weighted by Crippen LogP contribution is -2.43. The fourth-order valence-electron chi connectivity index (χ4n) is 4.65. The van der Waals surface area contributed by atoms with Crippen LogP contribution in [0.4, 0.5) is 0 Å². The number of nitrogens with zero attached hydrogens (tertiary/aromatic N) is 1. The fourth-order valence-corrected chi connectivity index (χ4v) is 6.17. The predicted octanol–water partition coefficient (Wildman–Crippen LogP) is 3.85. The number of carbonyl (C=O) groups excluding carboxylic acids is 1. The molecule has 1 aliphatic heterocycles. The number of sulfonamides is 1. The lowest BCUT2D eigenvalue weighted by atomic mass is 9.96. The molecule has 1 saturated heterocycles. The third-order valence-corrected chi connectivity index (χ3v) is 8.48. The Balaban J connectivity index is 1.33. The molecule has 2 aromatic carbocycles. The number of fused-ring (bicyclic) bond motifs is 1. The summed E-state index contributed by atoms with van der Waals surface area (Å²) in [6, 6.07) is 13.1. The van der Waals surface area contributed by atoms with Gasteiger partial charge in [0.2, 0.25) is 15.9 Å². The number of hydrogen-bond acceptors (Lipinski definition) is 4. The van der Waals surface area contributed by atoms with Crippen molar-refractivity contribution in [1.82, 2.24) is 9.62 Å². The molecule has 0 spiro atoms. The fraction of sp³-hybridized carbons (Fsp3) is 0.480. The van der Waals surface area contributed by atoms with Gasteiger partial charge in [0.05, 0.1) is 17.5 Å². The number of ether oxygens (including phenoxy) is 1. The van der Waals surface area contributed by atoms with Crippen LogP contribution in [0.3, 0.4) is 0 Å². The summed E-state index contributed by atoms with van der Waals surface area (Å²) in [6.07, 6.45) is 4.14. The minimum Gasteiger partial charge on any atom is -0.494 e. The third-order valence-electron chi connectivity index (χ3n) is 6.58. The lowest BCUT2D eigenvalue weighted by molar-refractivity contribution is -0.126. The molecule has 0 radical (unpaired) electrons. The van der Waals surface area contributed by atoms with Gasteiger partial charge in [0, 0.05) is 19.0 Å². The van der Waals surface area contributed by atoms with Crippen molar-refractivity contribution >= 4 is 15.9 Å². The van der Waals surface area contributed by atoms with E-state index in [0.29, 0.717) is 37.4 Å². The van der Waals surface area contributed by atoms with E-state index in [-0.39, 0.29) is 17.9 Å². The molecule has 0 bridgehead atoms. The zero-order valence-electron chi connectivity index (χ0n) is 18.8. The van der Waals surface area contributed by atoms with E-state index in [0.717, 1.165) is 36.1 Å².